The third-order valence-corrected chi connectivity index (χ3v) is 2.75. The summed E-state index contributed by atoms with van der Waals surface area (Å²) in [4.78, 5) is 11.5. The Labute approximate surface area is 129 Å². The monoisotopic (exact) mass is 328 g/mol. The highest BCUT2D eigenvalue weighted by atomic mass is 19.2. The fourth-order valence-corrected chi connectivity index (χ4v) is 1.68. The second-order valence-corrected chi connectivity index (χ2v) is 4.40. The molecule has 2 aromatic carbocycles. The molecule has 8 heteroatoms. The fraction of sp³-hybridized carbons (Fsp3) is 0.133. The molecule has 0 saturated heterocycles. The number of benzene rings is 2. The summed E-state index contributed by atoms with van der Waals surface area (Å²) in [5.41, 5.74) is -0.563. The van der Waals surface area contributed by atoms with Gasteiger partial charge < -0.3 is 15.4 Å². The van der Waals surface area contributed by atoms with E-state index in [0.29, 0.717) is 0 Å². The predicted molar refractivity (Wildman–Crippen MR) is 75.2 cm³/mol. The molecule has 2 aromatic rings. The van der Waals surface area contributed by atoms with Crippen LogP contribution in [0.15, 0.2) is 36.4 Å². The molecule has 23 heavy (non-hydrogen) atoms. The average molecular weight is 328 g/mol. The Balaban J connectivity index is 1.78. The van der Waals surface area contributed by atoms with E-state index in [0.717, 1.165) is 24.3 Å². The van der Waals surface area contributed by atoms with Gasteiger partial charge in [-0.3, -0.25) is 0 Å². The summed E-state index contributed by atoms with van der Waals surface area (Å²) in [5, 5.41) is 4.33. The van der Waals surface area contributed by atoms with Crippen molar-refractivity contribution < 1.29 is 27.1 Å². The molecule has 0 aromatic heterocycles. The van der Waals surface area contributed by atoms with Gasteiger partial charge in [0.2, 0.25) is 0 Å². The van der Waals surface area contributed by atoms with Gasteiger partial charge in [-0.15, -0.1) is 0 Å². The number of hydrogen-bond donors (Lipinski definition) is 2. The van der Waals surface area contributed by atoms with E-state index in [-0.39, 0.29) is 18.9 Å². The normalized spacial score (nSPS) is 10.3. The van der Waals surface area contributed by atoms with Gasteiger partial charge in [0.1, 0.15) is 29.7 Å². The van der Waals surface area contributed by atoms with Crippen LogP contribution >= 0.6 is 0 Å². The lowest BCUT2D eigenvalue weighted by Crippen LogP contribution is -2.32. The van der Waals surface area contributed by atoms with Gasteiger partial charge in [0, 0.05) is 6.07 Å². The Hall–Kier alpha value is -2.77. The largest absolute Gasteiger partial charge is 0.492 e. The summed E-state index contributed by atoms with van der Waals surface area (Å²) >= 11 is 0. The van der Waals surface area contributed by atoms with Gasteiger partial charge in [0.05, 0.1) is 6.54 Å². The van der Waals surface area contributed by atoms with Crippen LogP contribution in [-0.4, -0.2) is 19.2 Å². The van der Waals surface area contributed by atoms with Crippen LogP contribution in [0.1, 0.15) is 0 Å². The Bertz CT molecular complexity index is 690. The molecule has 4 nitrogen and oxygen atoms in total. The number of urea groups is 1. The molecule has 0 radical (unpaired) electrons. The van der Waals surface area contributed by atoms with E-state index in [1.165, 1.54) is 12.1 Å². The number of carbonyl (C=O) groups excluding carboxylic acids is 1. The molecule has 2 N–H and O–H groups in total. The van der Waals surface area contributed by atoms with Crippen LogP contribution in [0.2, 0.25) is 0 Å². The molecule has 0 aliphatic carbocycles. The molecule has 0 bridgehead atoms. The van der Waals surface area contributed by atoms with Crippen LogP contribution in [0.5, 0.6) is 5.75 Å². The minimum Gasteiger partial charge on any atom is -0.492 e. The van der Waals surface area contributed by atoms with Crippen LogP contribution in [0.4, 0.5) is 28.0 Å². The van der Waals surface area contributed by atoms with Gasteiger partial charge in [-0.25, -0.2) is 22.4 Å². The minimum absolute atomic E-state index is 0.0130. The number of rotatable bonds is 5. The number of nitrogens with one attached hydrogen (secondary N) is 2. The van der Waals surface area contributed by atoms with Crippen molar-refractivity contribution >= 4 is 11.7 Å². The summed E-state index contributed by atoms with van der Waals surface area (Å²) < 4.78 is 57.4. The number of amides is 2. The molecule has 2 amide bonds. The number of carbonyl (C=O) groups is 1. The lowest BCUT2D eigenvalue weighted by molar-refractivity contribution is 0.247. The van der Waals surface area contributed by atoms with Crippen molar-refractivity contribution in [2.45, 2.75) is 0 Å². The lowest BCUT2D eigenvalue weighted by Gasteiger charge is -2.10. The maximum absolute atomic E-state index is 13.3. The Morgan fingerprint density at radius 1 is 0.957 bits per heavy atom. The fourth-order valence-electron chi connectivity index (χ4n) is 1.68. The highest BCUT2D eigenvalue weighted by Gasteiger charge is 2.11. The summed E-state index contributed by atoms with van der Waals surface area (Å²) in [6, 6.07) is 5.35. The lowest BCUT2D eigenvalue weighted by atomic mass is 10.3. The zero-order valence-corrected chi connectivity index (χ0v) is 11.7. The predicted octanol–water partition coefficient (Wildman–Crippen LogP) is 3.44. The van der Waals surface area contributed by atoms with Gasteiger partial charge in [-0.1, -0.05) is 6.07 Å². The van der Waals surface area contributed by atoms with E-state index in [1.54, 1.807) is 0 Å². The third-order valence-electron chi connectivity index (χ3n) is 2.75. The van der Waals surface area contributed by atoms with E-state index in [4.69, 9.17) is 4.74 Å². The number of anilines is 1. The van der Waals surface area contributed by atoms with E-state index >= 15 is 0 Å². The van der Waals surface area contributed by atoms with Crippen molar-refractivity contribution in [1.29, 1.82) is 0 Å². The topological polar surface area (TPSA) is 50.4 Å². The second kappa shape index (κ2) is 7.48. The first-order chi connectivity index (χ1) is 11.0. The molecule has 0 saturated carbocycles. The zero-order valence-electron chi connectivity index (χ0n) is 11.7. The molecule has 0 aliphatic rings. The molecule has 0 aliphatic heterocycles. The highest BCUT2D eigenvalue weighted by molar-refractivity contribution is 5.89. The van der Waals surface area contributed by atoms with Crippen molar-refractivity contribution in [3.05, 3.63) is 59.7 Å². The minimum atomic E-state index is -1.05. The quantitative estimate of drug-likeness (QED) is 0.652. The summed E-state index contributed by atoms with van der Waals surface area (Å²) in [6.07, 6.45) is 0. The molecular weight excluding hydrogens is 316 g/mol. The summed E-state index contributed by atoms with van der Waals surface area (Å²) in [6.45, 7) is -0.0564. The van der Waals surface area contributed by atoms with Crippen molar-refractivity contribution in [2.24, 2.45) is 0 Å². The molecule has 0 atom stereocenters. The smallest absolute Gasteiger partial charge is 0.319 e. The first-order valence-corrected chi connectivity index (χ1v) is 6.54. The van der Waals surface area contributed by atoms with Crippen molar-refractivity contribution in [3.8, 4) is 5.75 Å². The van der Waals surface area contributed by atoms with Crippen LogP contribution in [0.3, 0.4) is 0 Å². The van der Waals surface area contributed by atoms with Gasteiger partial charge in [0.25, 0.3) is 0 Å². The molecule has 0 unspecified atom stereocenters. The van der Waals surface area contributed by atoms with Gasteiger partial charge in [-0.05, 0) is 24.3 Å². The van der Waals surface area contributed by atoms with Crippen LogP contribution in [0.25, 0.3) is 0 Å². The van der Waals surface area contributed by atoms with E-state index < -0.39 is 35.0 Å². The number of halogens is 4. The standard InChI is InChI=1S/C15H12F4N2O2/c16-10-5-4-9(8-13(10)19)23-7-6-20-15(22)21-14-11(17)2-1-3-12(14)18/h1-5,8H,6-7H2,(H2,20,21,22). The van der Waals surface area contributed by atoms with Crippen LogP contribution in [-0.2, 0) is 0 Å². The number of para-hydroxylation sites is 1. The highest BCUT2D eigenvalue weighted by Crippen LogP contribution is 2.17. The Morgan fingerprint density at radius 2 is 1.65 bits per heavy atom. The average Bonchev–Trinajstić information content (AvgIpc) is 2.51. The molecule has 122 valence electrons. The first-order valence-electron chi connectivity index (χ1n) is 6.54. The van der Waals surface area contributed by atoms with Crippen molar-refractivity contribution in [2.75, 3.05) is 18.5 Å². The number of ether oxygens (including phenoxy) is 1. The van der Waals surface area contributed by atoms with Gasteiger partial charge >= 0.3 is 6.03 Å². The molecule has 0 fully saturated rings. The van der Waals surface area contributed by atoms with Gasteiger partial charge in [-0.2, -0.15) is 0 Å². The molecule has 0 heterocycles. The van der Waals surface area contributed by atoms with Gasteiger partial charge in [0.15, 0.2) is 11.6 Å². The Morgan fingerprint density at radius 3 is 2.30 bits per heavy atom. The molecular formula is C15H12F4N2O2. The molecule has 2 rings (SSSR count). The molecule has 0 spiro atoms. The first kappa shape index (κ1) is 16.6. The Kier molecular flexibility index (Phi) is 5.40. The van der Waals surface area contributed by atoms with E-state index in [9.17, 15) is 22.4 Å². The zero-order chi connectivity index (χ0) is 16.8. The summed E-state index contributed by atoms with van der Waals surface area (Å²) in [5.74, 6) is -3.77. The van der Waals surface area contributed by atoms with Crippen molar-refractivity contribution in [1.82, 2.24) is 5.32 Å². The van der Waals surface area contributed by atoms with Crippen LogP contribution < -0.4 is 15.4 Å². The SMILES string of the molecule is O=C(NCCOc1ccc(F)c(F)c1)Nc1c(F)cccc1F. The van der Waals surface area contributed by atoms with Crippen molar-refractivity contribution in [3.63, 3.8) is 0 Å². The van der Waals surface area contributed by atoms with E-state index in [1.807, 2.05) is 5.32 Å². The maximum atomic E-state index is 13.3. The van der Waals surface area contributed by atoms with E-state index in [2.05, 4.69) is 5.32 Å². The third kappa shape index (κ3) is 4.60. The number of hydrogen-bond acceptors (Lipinski definition) is 2. The second-order valence-electron chi connectivity index (χ2n) is 4.40. The summed E-state index contributed by atoms with van der Waals surface area (Å²) in [7, 11) is 0. The van der Waals surface area contributed by atoms with Crippen LogP contribution in [0, 0.1) is 23.3 Å². The maximum Gasteiger partial charge on any atom is 0.319 e.